The first-order valence-electron chi connectivity index (χ1n) is 13.3. The van der Waals surface area contributed by atoms with Gasteiger partial charge in [-0.05, 0) is 58.6 Å². The number of amides is 4. The predicted molar refractivity (Wildman–Crippen MR) is 160 cm³/mol. The molecule has 1 aromatic carbocycles. The summed E-state index contributed by atoms with van der Waals surface area (Å²) in [6.45, 7) is 4.86. The van der Waals surface area contributed by atoms with Crippen LogP contribution in [0.25, 0.3) is 0 Å². The summed E-state index contributed by atoms with van der Waals surface area (Å²) in [6.07, 6.45) is 0.0825. The van der Waals surface area contributed by atoms with Crippen LogP contribution in [-0.2, 0) is 19.1 Å². The van der Waals surface area contributed by atoms with Crippen molar-refractivity contribution < 1.29 is 28.8 Å². The molecule has 0 saturated heterocycles. The summed E-state index contributed by atoms with van der Waals surface area (Å²) >= 11 is 0. The number of non-ortho nitro benzene ring substituents is 1. The molecule has 0 aromatic heterocycles. The molecule has 0 heterocycles. The normalized spacial score (nSPS) is 12.1. The van der Waals surface area contributed by atoms with Gasteiger partial charge in [-0.2, -0.15) is 0 Å². The van der Waals surface area contributed by atoms with E-state index >= 15 is 0 Å². The second-order valence-corrected chi connectivity index (χ2v) is 10.2. The average Bonchev–Trinajstić information content (AvgIpc) is 2.89. The fourth-order valence-electron chi connectivity index (χ4n) is 3.43. The van der Waals surface area contributed by atoms with Crippen LogP contribution in [0.5, 0.6) is 0 Å². The van der Waals surface area contributed by atoms with Gasteiger partial charge in [0.2, 0.25) is 17.7 Å². The van der Waals surface area contributed by atoms with Crippen molar-refractivity contribution in [1.29, 1.82) is 0 Å². The minimum absolute atomic E-state index is 0.122. The Morgan fingerprint density at radius 2 is 1.40 bits per heavy atom. The van der Waals surface area contributed by atoms with E-state index < -0.39 is 53.0 Å². The van der Waals surface area contributed by atoms with Crippen molar-refractivity contribution in [2.24, 2.45) is 32.9 Å². The molecule has 0 fully saturated rings. The van der Waals surface area contributed by atoms with Crippen molar-refractivity contribution in [3.63, 3.8) is 0 Å². The van der Waals surface area contributed by atoms with Crippen LogP contribution in [0.3, 0.4) is 0 Å². The van der Waals surface area contributed by atoms with Gasteiger partial charge in [-0.25, -0.2) is 4.79 Å². The third-order valence-electron chi connectivity index (χ3n) is 5.32. The Kier molecular flexibility index (Phi) is 14.7. The lowest BCUT2D eigenvalue weighted by Crippen LogP contribution is -2.52. The van der Waals surface area contributed by atoms with E-state index in [1.165, 1.54) is 24.3 Å². The number of alkyl carbamates (subject to hydrolysis) is 1. The standard InChI is InChI=1S/C25H41N11O7/c1-25(2,3)43-24(40)35-17(6-4-12-30-22(26)27)20(38)32-14-19(37)34-18(7-5-13-31-23(28)29)21(39)33-15-8-10-16(11-9-15)36(41)42/h8-11,17-18H,4-7,12-14H2,1-3H3,(H,32,38)(H,33,39)(H,34,37)(H,35,40)(H4,26,27,30)(H4,28,29,31)/t17-,18+/m1/s1. The molecule has 1 rings (SSSR count). The van der Waals surface area contributed by atoms with Crippen molar-refractivity contribution in [1.82, 2.24) is 16.0 Å². The zero-order valence-electron chi connectivity index (χ0n) is 24.4. The fourth-order valence-corrected chi connectivity index (χ4v) is 3.43. The van der Waals surface area contributed by atoms with Crippen molar-refractivity contribution >= 4 is 47.1 Å². The maximum atomic E-state index is 12.9. The molecule has 12 N–H and O–H groups in total. The Morgan fingerprint density at radius 3 is 1.86 bits per heavy atom. The van der Waals surface area contributed by atoms with E-state index in [4.69, 9.17) is 27.7 Å². The molecule has 18 heteroatoms. The topological polar surface area (TPSA) is 298 Å². The Morgan fingerprint density at radius 1 is 0.884 bits per heavy atom. The van der Waals surface area contributed by atoms with Crippen LogP contribution in [0.4, 0.5) is 16.2 Å². The molecular weight excluding hydrogens is 566 g/mol. The monoisotopic (exact) mass is 607 g/mol. The molecule has 0 unspecified atom stereocenters. The van der Waals surface area contributed by atoms with Gasteiger partial charge in [0, 0.05) is 30.9 Å². The first-order valence-corrected chi connectivity index (χ1v) is 13.3. The van der Waals surface area contributed by atoms with Gasteiger partial charge in [-0.15, -0.1) is 0 Å². The lowest BCUT2D eigenvalue weighted by Gasteiger charge is -2.23. The zero-order chi connectivity index (χ0) is 32.6. The molecule has 0 bridgehead atoms. The molecule has 4 amide bonds. The number of nitro groups is 1. The molecule has 1 aromatic rings. The van der Waals surface area contributed by atoms with Crippen LogP contribution in [-0.4, -0.2) is 78.0 Å². The maximum Gasteiger partial charge on any atom is 0.408 e. The predicted octanol–water partition coefficient (Wildman–Crippen LogP) is -0.865. The highest BCUT2D eigenvalue weighted by molar-refractivity contribution is 5.98. The van der Waals surface area contributed by atoms with Gasteiger partial charge in [-0.1, -0.05) is 0 Å². The number of hydrogen-bond acceptors (Lipinski definition) is 9. The van der Waals surface area contributed by atoms with Crippen LogP contribution in [0.1, 0.15) is 46.5 Å². The number of anilines is 1. The van der Waals surface area contributed by atoms with Crippen LogP contribution < -0.4 is 44.2 Å². The number of guanidine groups is 2. The van der Waals surface area contributed by atoms with Gasteiger partial charge in [-0.3, -0.25) is 34.5 Å². The van der Waals surface area contributed by atoms with Crippen LogP contribution in [0.2, 0.25) is 0 Å². The second-order valence-electron chi connectivity index (χ2n) is 10.2. The lowest BCUT2D eigenvalue weighted by atomic mass is 10.1. The molecule has 2 atom stereocenters. The first-order chi connectivity index (χ1) is 20.1. The van der Waals surface area contributed by atoms with E-state index in [9.17, 15) is 29.3 Å². The number of nitro benzene ring substituents is 1. The molecule has 0 aliphatic heterocycles. The van der Waals surface area contributed by atoms with Crippen LogP contribution in [0, 0.1) is 10.1 Å². The minimum atomic E-state index is -1.07. The van der Waals surface area contributed by atoms with Gasteiger partial charge in [0.05, 0.1) is 11.5 Å². The summed E-state index contributed by atoms with van der Waals surface area (Å²) in [5, 5.41) is 20.9. The Hall–Kier alpha value is -5.16. The van der Waals surface area contributed by atoms with Gasteiger partial charge in [0.15, 0.2) is 11.9 Å². The summed E-state index contributed by atoms with van der Waals surface area (Å²) in [6, 6.07) is 2.99. The van der Waals surface area contributed by atoms with Gasteiger partial charge in [0.1, 0.15) is 17.7 Å². The highest BCUT2D eigenvalue weighted by atomic mass is 16.6. The summed E-state index contributed by atoms with van der Waals surface area (Å²) in [7, 11) is 0. The van der Waals surface area contributed by atoms with Gasteiger partial charge < -0.3 is 48.9 Å². The summed E-state index contributed by atoms with van der Waals surface area (Å²) in [5.41, 5.74) is 20.6. The highest BCUT2D eigenvalue weighted by Gasteiger charge is 2.26. The maximum absolute atomic E-state index is 12.9. The molecule has 0 spiro atoms. The largest absolute Gasteiger partial charge is 0.444 e. The molecule has 0 saturated carbocycles. The Bertz CT molecular complexity index is 1170. The molecule has 238 valence electrons. The number of nitrogens with two attached hydrogens (primary N) is 4. The number of ether oxygens (including phenoxy) is 1. The number of hydrogen-bond donors (Lipinski definition) is 8. The number of carbonyl (C=O) groups is 4. The molecule has 0 radical (unpaired) electrons. The number of aliphatic imine (C=N–C) groups is 2. The molecule has 0 aliphatic rings. The molecule has 43 heavy (non-hydrogen) atoms. The Balaban J connectivity index is 2.88. The Labute approximate surface area is 248 Å². The van der Waals surface area contributed by atoms with Gasteiger partial charge in [0.25, 0.3) is 5.69 Å². The highest BCUT2D eigenvalue weighted by Crippen LogP contribution is 2.16. The van der Waals surface area contributed by atoms with E-state index in [-0.39, 0.29) is 49.2 Å². The second kappa shape index (κ2) is 17.6. The van der Waals surface area contributed by atoms with Crippen molar-refractivity contribution in [3.8, 4) is 0 Å². The van der Waals surface area contributed by atoms with Crippen molar-refractivity contribution in [2.75, 3.05) is 25.0 Å². The van der Waals surface area contributed by atoms with Crippen molar-refractivity contribution in [3.05, 3.63) is 34.4 Å². The average molecular weight is 608 g/mol. The van der Waals surface area contributed by atoms with Crippen LogP contribution in [0.15, 0.2) is 34.3 Å². The lowest BCUT2D eigenvalue weighted by molar-refractivity contribution is -0.384. The number of benzene rings is 1. The van der Waals surface area contributed by atoms with Crippen LogP contribution >= 0.6 is 0 Å². The number of nitrogens with one attached hydrogen (secondary N) is 4. The van der Waals surface area contributed by atoms with E-state index in [2.05, 4.69) is 31.3 Å². The summed E-state index contributed by atoms with van der Waals surface area (Å²) in [4.78, 5) is 68.8. The number of rotatable bonds is 16. The number of carbonyl (C=O) groups excluding carboxylic acids is 4. The molecule has 18 nitrogen and oxygen atoms in total. The van der Waals surface area contributed by atoms with E-state index in [1.54, 1.807) is 20.8 Å². The molecule has 0 aliphatic carbocycles. The van der Waals surface area contributed by atoms with E-state index in [0.717, 1.165) is 0 Å². The fraction of sp³-hybridized carbons (Fsp3) is 0.520. The quantitative estimate of drug-likeness (QED) is 0.0375. The number of nitrogens with zero attached hydrogens (tertiary/aromatic N) is 3. The first kappa shape index (κ1) is 35.9. The van der Waals surface area contributed by atoms with E-state index in [1.807, 2.05) is 0 Å². The molecular formula is C25H41N11O7. The third-order valence-corrected chi connectivity index (χ3v) is 5.32. The summed E-state index contributed by atoms with van der Waals surface area (Å²) < 4.78 is 5.22. The summed E-state index contributed by atoms with van der Waals surface area (Å²) in [5.74, 6) is -2.24. The van der Waals surface area contributed by atoms with Crippen molar-refractivity contribution in [2.45, 2.75) is 64.1 Å². The minimum Gasteiger partial charge on any atom is -0.444 e. The van der Waals surface area contributed by atoms with E-state index in [0.29, 0.717) is 12.8 Å². The zero-order valence-corrected chi connectivity index (χ0v) is 24.4. The van der Waals surface area contributed by atoms with Gasteiger partial charge >= 0.3 is 6.09 Å². The third kappa shape index (κ3) is 16.0. The SMILES string of the molecule is CC(C)(C)OC(=O)N[C@H](CCCN=C(N)N)C(=O)NCC(=O)N[C@@H](CCCN=C(N)N)C(=O)Nc1ccc([N+](=O)[O-])cc1. The smallest absolute Gasteiger partial charge is 0.408 e.